The molecular weight excluding hydrogens is 296 g/mol. The van der Waals surface area contributed by atoms with Gasteiger partial charge in [0.05, 0.1) is 28.0 Å². The lowest BCUT2D eigenvalue weighted by Crippen LogP contribution is -2.54. The van der Waals surface area contributed by atoms with E-state index in [2.05, 4.69) is 19.4 Å². The van der Waals surface area contributed by atoms with Gasteiger partial charge in [0.15, 0.2) is 0 Å². The molecule has 1 aliphatic heterocycles. The predicted molar refractivity (Wildman–Crippen MR) is 81.3 cm³/mol. The number of anilines is 1. The van der Waals surface area contributed by atoms with Gasteiger partial charge >= 0.3 is 0 Å². The molecule has 1 amide bonds. The van der Waals surface area contributed by atoms with E-state index in [0.717, 1.165) is 43.1 Å². The molecule has 2 N–H and O–H groups in total. The van der Waals surface area contributed by atoms with Gasteiger partial charge in [0.25, 0.3) is 0 Å². The molecule has 3 rings (SSSR count). The quantitative estimate of drug-likeness (QED) is 0.895. The number of hydrogen-bond acceptors (Lipinski definition) is 5. The van der Waals surface area contributed by atoms with E-state index in [9.17, 15) is 4.79 Å². The molecule has 0 spiro atoms. The number of hydrogen-bond donors (Lipinski definition) is 2. The summed E-state index contributed by atoms with van der Waals surface area (Å²) >= 11 is 7.30. The average molecular weight is 311 g/mol. The van der Waals surface area contributed by atoms with Gasteiger partial charge in [-0.15, -0.1) is 0 Å². The van der Waals surface area contributed by atoms with Crippen molar-refractivity contribution in [2.24, 2.45) is 0 Å². The molecule has 1 aromatic heterocycles. The summed E-state index contributed by atoms with van der Waals surface area (Å²) < 4.78 is 8.37. The van der Waals surface area contributed by atoms with Crippen LogP contribution in [0.3, 0.4) is 0 Å². The number of benzene rings is 1. The Bertz CT molecular complexity index is 651. The van der Waals surface area contributed by atoms with Gasteiger partial charge in [0.1, 0.15) is 11.0 Å². The van der Waals surface area contributed by atoms with Crippen LogP contribution in [0.5, 0.6) is 0 Å². The van der Waals surface area contributed by atoms with Crippen molar-refractivity contribution in [1.29, 1.82) is 0 Å². The van der Waals surface area contributed by atoms with Gasteiger partial charge < -0.3 is 10.6 Å². The lowest BCUT2D eigenvalue weighted by atomic mass is 9.90. The van der Waals surface area contributed by atoms with Gasteiger partial charge in [-0.2, -0.15) is 8.75 Å². The second-order valence-electron chi connectivity index (χ2n) is 5.22. The summed E-state index contributed by atoms with van der Waals surface area (Å²) in [6.45, 7) is 2.79. The van der Waals surface area contributed by atoms with Gasteiger partial charge in [-0.3, -0.25) is 4.79 Å². The van der Waals surface area contributed by atoms with Crippen molar-refractivity contribution < 1.29 is 4.79 Å². The molecule has 20 heavy (non-hydrogen) atoms. The van der Waals surface area contributed by atoms with Crippen LogP contribution in [-0.4, -0.2) is 26.7 Å². The molecule has 0 bridgehead atoms. The van der Waals surface area contributed by atoms with Crippen molar-refractivity contribution in [2.45, 2.75) is 31.7 Å². The minimum Gasteiger partial charge on any atom is -0.321 e. The first-order valence-electron chi connectivity index (χ1n) is 6.57. The first kappa shape index (κ1) is 13.7. The maximum atomic E-state index is 12.5. The van der Waals surface area contributed by atoms with Crippen molar-refractivity contribution in [2.75, 3.05) is 11.9 Å². The zero-order valence-corrected chi connectivity index (χ0v) is 12.6. The number of carbonyl (C=O) groups is 1. The number of rotatable bonds is 2. The normalized spacial score (nSPS) is 22.9. The Morgan fingerprint density at radius 1 is 1.45 bits per heavy atom. The molecule has 0 saturated carbocycles. The van der Waals surface area contributed by atoms with Crippen LogP contribution in [0, 0.1) is 0 Å². The van der Waals surface area contributed by atoms with Crippen molar-refractivity contribution in [3.63, 3.8) is 0 Å². The molecule has 1 aliphatic rings. The first-order valence-corrected chi connectivity index (χ1v) is 7.68. The third-order valence-electron chi connectivity index (χ3n) is 3.74. The fourth-order valence-corrected chi connectivity index (χ4v) is 3.19. The van der Waals surface area contributed by atoms with Crippen molar-refractivity contribution in [3.05, 3.63) is 17.2 Å². The summed E-state index contributed by atoms with van der Waals surface area (Å²) in [5.41, 5.74) is 1.40. The molecule has 1 unspecified atom stereocenters. The van der Waals surface area contributed by atoms with Gasteiger partial charge in [-0.05, 0) is 44.9 Å². The lowest BCUT2D eigenvalue weighted by molar-refractivity contribution is -0.122. The van der Waals surface area contributed by atoms with Crippen LogP contribution < -0.4 is 10.6 Å². The number of nitrogens with zero attached hydrogens (tertiary/aromatic N) is 2. The van der Waals surface area contributed by atoms with Crippen LogP contribution in [0.1, 0.15) is 26.2 Å². The second-order valence-corrected chi connectivity index (χ2v) is 6.16. The largest absolute Gasteiger partial charge is 0.321 e. The summed E-state index contributed by atoms with van der Waals surface area (Å²) in [6.07, 6.45) is 2.98. The zero-order chi connectivity index (χ0) is 14.2. The molecule has 1 aromatic carbocycles. The molecule has 0 aliphatic carbocycles. The SMILES string of the molecule is CC1(C(=O)Nc2c(Cl)ccc3nsnc23)CCCCN1. The molecule has 1 saturated heterocycles. The smallest absolute Gasteiger partial charge is 0.244 e. The van der Waals surface area contributed by atoms with E-state index in [-0.39, 0.29) is 5.91 Å². The van der Waals surface area contributed by atoms with E-state index >= 15 is 0 Å². The van der Waals surface area contributed by atoms with Crippen molar-refractivity contribution in [3.8, 4) is 0 Å². The molecule has 0 radical (unpaired) electrons. The summed E-state index contributed by atoms with van der Waals surface area (Å²) in [7, 11) is 0. The second kappa shape index (κ2) is 5.27. The first-order chi connectivity index (χ1) is 9.60. The van der Waals surface area contributed by atoms with E-state index in [1.54, 1.807) is 12.1 Å². The van der Waals surface area contributed by atoms with E-state index in [0.29, 0.717) is 16.2 Å². The van der Waals surface area contributed by atoms with E-state index in [1.807, 2.05) is 6.92 Å². The molecule has 2 aromatic rings. The number of carbonyl (C=O) groups excluding carboxylic acids is 1. The van der Waals surface area contributed by atoms with Crippen LogP contribution in [0.25, 0.3) is 11.0 Å². The fraction of sp³-hybridized carbons (Fsp3) is 0.462. The summed E-state index contributed by atoms with van der Waals surface area (Å²) in [4.78, 5) is 12.5. The number of piperidine rings is 1. The Morgan fingerprint density at radius 2 is 2.30 bits per heavy atom. The summed E-state index contributed by atoms with van der Waals surface area (Å²) in [5.74, 6) is -0.0698. The maximum Gasteiger partial charge on any atom is 0.244 e. The van der Waals surface area contributed by atoms with Crippen LogP contribution in [0.2, 0.25) is 5.02 Å². The highest BCUT2D eigenvalue weighted by molar-refractivity contribution is 7.00. The molecular formula is C13H15ClN4OS. The standard InChI is InChI=1S/C13H15ClN4OS/c1-13(6-2-3-7-15-13)12(19)16-10-8(14)4-5-9-11(10)18-20-17-9/h4-5,15H,2-3,6-7H2,1H3,(H,16,19). The molecule has 7 heteroatoms. The minimum absolute atomic E-state index is 0.0698. The number of amides is 1. The van der Waals surface area contributed by atoms with Crippen LogP contribution in [0.4, 0.5) is 5.69 Å². The van der Waals surface area contributed by atoms with Crippen molar-refractivity contribution in [1.82, 2.24) is 14.1 Å². The Kier molecular flexibility index (Phi) is 3.62. The van der Waals surface area contributed by atoms with Gasteiger partial charge in [-0.1, -0.05) is 11.6 Å². The Labute approximate surface area is 126 Å². The van der Waals surface area contributed by atoms with E-state index < -0.39 is 5.54 Å². The van der Waals surface area contributed by atoms with Gasteiger partial charge in [0.2, 0.25) is 5.91 Å². The Hall–Kier alpha value is -1.24. The molecule has 1 atom stereocenters. The monoisotopic (exact) mass is 310 g/mol. The Morgan fingerprint density at radius 3 is 3.05 bits per heavy atom. The number of nitrogens with one attached hydrogen (secondary N) is 2. The highest BCUT2D eigenvalue weighted by Gasteiger charge is 2.34. The van der Waals surface area contributed by atoms with Crippen LogP contribution in [-0.2, 0) is 4.79 Å². The van der Waals surface area contributed by atoms with E-state index in [4.69, 9.17) is 11.6 Å². The van der Waals surface area contributed by atoms with Gasteiger partial charge in [-0.25, -0.2) is 0 Å². The summed E-state index contributed by atoms with van der Waals surface area (Å²) in [6, 6.07) is 3.54. The minimum atomic E-state index is -0.548. The molecule has 5 nitrogen and oxygen atoms in total. The Balaban J connectivity index is 1.91. The number of aromatic nitrogens is 2. The average Bonchev–Trinajstić information content (AvgIpc) is 2.91. The van der Waals surface area contributed by atoms with Crippen LogP contribution in [0.15, 0.2) is 12.1 Å². The number of fused-ring (bicyclic) bond motifs is 1. The fourth-order valence-electron chi connectivity index (χ4n) is 2.45. The maximum absolute atomic E-state index is 12.5. The predicted octanol–water partition coefficient (Wildman–Crippen LogP) is 2.82. The summed E-state index contributed by atoms with van der Waals surface area (Å²) in [5, 5.41) is 6.69. The van der Waals surface area contributed by atoms with Crippen LogP contribution >= 0.6 is 23.3 Å². The number of halogens is 1. The zero-order valence-electron chi connectivity index (χ0n) is 11.1. The van der Waals surface area contributed by atoms with Gasteiger partial charge in [0, 0.05) is 0 Å². The van der Waals surface area contributed by atoms with E-state index in [1.165, 1.54) is 0 Å². The third-order valence-corrected chi connectivity index (χ3v) is 4.59. The van der Waals surface area contributed by atoms with Crippen molar-refractivity contribution >= 4 is 46.0 Å². The molecule has 2 heterocycles. The highest BCUT2D eigenvalue weighted by Crippen LogP contribution is 2.31. The molecule has 106 valence electrons. The third kappa shape index (κ3) is 2.39. The topological polar surface area (TPSA) is 66.9 Å². The molecule has 1 fully saturated rings. The highest BCUT2D eigenvalue weighted by atomic mass is 35.5. The lowest BCUT2D eigenvalue weighted by Gasteiger charge is -2.33.